The van der Waals surface area contributed by atoms with Crippen LogP contribution >= 0.6 is 7.75 Å². The summed E-state index contributed by atoms with van der Waals surface area (Å²) in [5, 5.41) is 15.9. The molecule has 15 nitrogen and oxygen atoms in total. The van der Waals surface area contributed by atoms with Gasteiger partial charge in [0, 0.05) is 0 Å². The molecule has 4 rings (SSSR count). The molecule has 1 aliphatic heterocycles. The first-order chi connectivity index (χ1) is 22.9. The number of amides is 1. The summed E-state index contributed by atoms with van der Waals surface area (Å²) >= 11 is 0. The third-order valence-corrected chi connectivity index (χ3v) is 9.03. The monoisotopic (exact) mass is 698 g/mol. The highest BCUT2D eigenvalue weighted by Crippen LogP contribution is 2.52. The highest BCUT2D eigenvalue weighted by molar-refractivity contribution is 7.52. The molecule has 0 radical (unpaired) electrons. The normalized spacial score (nSPS) is 24.1. The number of benzene rings is 1. The molecule has 2 aromatic heterocycles. The molecule has 1 aromatic carbocycles. The number of anilines is 1. The second-order valence-corrected chi connectivity index (χ2v) is 13.0. The first-order valence-electron chi connectivity index (χ1n) is 15.6. The van der Waals surface area contributed by atoms with Gasteiger partial charge in [0.25, 0.3) is 5.85 Å². The number of para-hydroxylation sites is 1. The highest BCUT2D eigenvalue weighted by Gasteiger charge is 2.65. The Bertz CT molecular complexity index is 1580. The average Bonchev–Trinajstić information content (AvgIpc) is 3.55. The Labute approximate surface area is 276 Å². The molecule has 0 saturated carbocycles. The molecule has 1 saturated heterocycles. The molecule has 0 spiro atoms. The van der Waals surface area contributed by atoms with Crippen LogP contribution in [0.25, 0.3) is 11.2 Å². The number of aliphatic hydroxyl groups is 1. The molecule has 264 valence electrons. The van der Waals surface area contributed by atoms with Crippen LogP contribution in [0.5, 0.6) is 11.6 Å². The third kappa shape index (κ3) is 8.63. The Morgan fingerprint density at radius 2 is 1.94 bits per heavy atom. The minimum absolute atomic E-state index is 0.0379. The Balaban J connectivity index is 1.54. The number of halogens is 2. The molecule has 1 aliphatic rings. The van der Waals surface area contributed by atoms with E-state index in [9.17, 15) is 19.3 Å². The number of carbonyl (C=O) groups is 2. The Morgan fingerprint density at radius 3 is 2.62 bits per heavy atom. The number of nitrogens with one attached hydrogen (secondary N) is 2. The van der Waals surface area contributed by atoms with E-state index in [1.165, 1.54) is 19.1 Å². The van der Waals surface area contributed by atoms with E-state index in [1.807, 2.05) is 0 Å². The Hall–Kier alpha value is -3.76. The lowest BCUT2D eigenvalue weighted by Gasteiger charge is -2.27. The zero-order valence-electron chi connectivity index (χ0n) is 27.1. The lowest BCUT2D eigenvalue weighted by Crippen LogP contribution is -2.46. The van der Waals surface area contributed by atoms with Gasteiger partial charge in [-0.1, -0.05) is 50.8 Å². The molecule has 48 heavy (non-hydrogen) atoms. The summed E-state index contributed by atoms with van der Waals surface area (Å²) in [6, 6.07) is 6.49. The predicted octanol–water partition coefficient (Wildman–Crippen LogP) is 4.77. The van der Waals surface area contributed by atoms with E-state index in [0.29, 0.717) is 12.8 Å². The van der Waals surface area contributed by atoms with Crippen LogP contribution in [0.15, 0.2) is 36.7 Å². The van der Waals surface area contributed by atoms with Crippen LogP contribution in [0.1, 0.15) is 66.0 Å². The number of hydrogen-bond donors (Lipinski definition) is 3. The molecule has 1 amide bonds. The van der Waals surface area contributed by atoms with Crippen LogP contribution in [-0.2, 0) is 28.2 Å². The van der Waals surface area contributed by atoms with Gasteiger partial charge < -0.3 is 23.8 Å². The molecule has 2 unspecified atom stereocenters. The lowest BCUT2D eigenvalue weighted by atomic mass is 9.97. The standard InChI is InChI=1S/C30H41F2N6O9P/c1-5-7-8-9-13-16-44-25(40)20(3)37-48(42,47-21-14-11-10-12-15-21)45-17-30(32)26(31)29(4,41)27(46-30)38-18-33-22-23(38)35-28(34-19-39)36-24(22)43-6-2/h10-12,14-15,18-20,26-27,41H,5-9,13,16-17H2,1-4H3,(H,37,42)(H,34,35,36,39)/t20?,26-,27+,29+,30+,48?/m0/s1. The number of rotatable bonds is 19. The maximum atomic E-state index is 16.4. The predicted molar refractivity (Wildman–Crippen MR) is 169 cm³/mol. The van der Waals surface area contributed by atoms with Gasteiger partial charge >= 0.3 is 13.7 Å². The van der Waals surface area contributed by atoms with Crippen molar-refractivity contribution in [1.82, 2.24) is 24.6 Å². The number of alkyl halides is 2. The molecule has 1 fully saturated rings. The summed E-state index contributed by atoms with van der Waals surface area (Å²) in [6.07, 6.45) is 1.52. The molecule has 0 aliphatic carbocycles. The van der Waals surface area contributed by atoms with E-state index < -0.39 is 50.2 Å². The molecule has 6 atom stereocenters. The topological polar surface area (TPSA) is 185 Å². The number of nitrogens with zero attached hydrogens (tertiary/aromatic N) is 4. The number of esters is 1. The van der Waals surface area contributed by atoms with Crippen molar-refractivity contribution in [3.05, 3.63) is 36.7 Å². The average molecular weight is 699 g/mol. The van der Waals surface area contributed by atoms with Gasteiger partial charge in [0.15, 0.2) is 23.6 Å². The van der Waals surface area contributed by atoms with Gasteiger partial charge in [-0.05, 0) is 39.3 Å². The van der Waals surface area contributed by atoms with Crippen molar-refractivity contribution in [3.63, 3.8) is 0 Å². The molecular formula is C30H41F2N6O9P. The number of hydrogen-bond acceptors (Lipinski definition) is 12. The molecule has 3 aromatic rings. The van der Waals surface area contributed by atoms with Crippen molar-refractivity contribution in [2.45, 2.75) is 89.7 Å². The summed E-state index contributed by atoms with van der Waals surface area (Å²) < 4.78 is 74.3. The van der Waals surface area contributed by atoms with Crippen LogP contribution in [0.2, 0.25) is 0 Å². The van der Waals surface area contributed by atoms with Crippen molar-refractivity contribution in [1.29, 1.82) is 0 Å². The van der Waals surface area contributed by atoms with E-state index in [0.717, 1.165) is 43.5 Å². The number of imidazole rings is 1. The van der Waals surface area contributed by atoms with Crippen molar-refractivity contribution in [2.24, 2.45) is 0 Å². The largest absolute Gasteiger partial charge is 0.476 e. The maximum Gasteiger partial charge on any atom is 0.459 e. The summed E-state index contributed by atoms with van der Waals surface area (Å²) in [5.41, 5.74) is -2.59. The van der Waals surface area contributed by atoms with Crippen LogP contribution in [0.3, 0.4) is 0 Å². The van der Waals surface area contributed by atoms with Crippen molar-refractivity contribution in [3.8, 4) is 11.6 Å². The lowest BCUT2D eigenvalue weighted by molar-refractivity contribution is -0.192. The number of ether oxygens (including phenoxy) is 3. The summed E-state index contributed by atoms with van der Waals surface area (Å²) in [5.74, 6) is -4.36. The fourth-order valence-corrected chi connectivity index (χ4v) is 6.47. The molecular weight excluding hydrogens is 657 g/mol. The van der Waals surface area contributed by atoms with Gasteiger partial charge in [-0.3, -0.25) is 24.0 Å². The first kappa shape index (κ1) is 37.1. The third-order valence-electron chi connectivity index (χ3n) is 7.41. The fraction of sp³-hybridized carbons (Fsp3) is 0.567. The van der Waals surface area contributed by atoms with E-state index in [4.69, 9.17) is 23.3 Å². The second kappa shape index (κ2) is 16.1. The SMILES string of the molecule is CCCCCCCOC(=O)C(C)NP(=O)(OC[C@@]1(F)O[C@@H](n2cnc3c(OCC)nc(NC=O)nc32)[C@](C)(O)[C@@H]1F)Oc1ccccc1. The van der Waals surface area contributed by atoms with Gasteiger partial charge in [0.2, 0.25) is 18.2 Å². The van der Waals surface area contributed by atoms with Crippen molar-refractivity contribution >= 4 is 37.2 Å². The summed E-state index contributed by atoms with van der Waals surface area (Å²) in [6.45, 7) is 5.09. The minimum Gasteiger partial charge on any atom is -0.476 e. The zero-order chi connectivity index (χ0) is 35.0. The van der Waals surface area contributed by atoms with Crippen LogP contribution in [-0.4, -0.2) is 80.5 Å². The molecule has 0 bridgehead atoms. The maximum absolute atomic E-state index is 16.4. The van der Waals surface area contributed by atoms with Gasteiger partial charge in [-0.25, -0.2) is 18.3 Å². The van der Waals surface area contributed by atoms with Crippen LogP contribution < -0.4 is 19.7 Å². The smallest absolute Gasteiger partial charge is 0.459 e. The van der Waals surface area contributed by atoms with Crippen molar-refractivity contribution < 1.29 is 51.3 Å². The van der Waals surface area contributed by atoms with Gasteiger partial charge in [-0.2, -0.15) is 15.1 Å². The van der Waals surface area contributed by atoms with Crippen molar-refractivity contribution in [2.75, 3.05) is 25.1 Å². The zero-order valence-corrected chi connectivity index (χ0v) is 28.0. The van der Waals surface area contributed by atoms with E-state index in [1.54, 1.807) is 25.1 Å². The number of fused-ring (bicyclic) bond motifs is 1. The van der Waals surface area contributed by atoms with Gasteiger partial charge in [0.05, 0.1) is 19.5 Å². The first-order valence-corrected chi connectivity index (χ1v) is 17.2. The quantitative estimate of drug-likeness (QED) is 0.0674. The fourth-order valence-electron chi connectivity index (χ4n) is 4.96. The molecule has 3 heterocycles. The van der Waals surface area contributed by atoms with E-state index >= 15 is 8.78 Å². The summed E-state index contributed by atoms with van der Waals surface area (Å²) in [4.78, 5) is 36.1. The number of aromatic nitrogens is 4. The van der Waals surface area contributed by atoms with Crippen LogP contribution in [0, 0.1) is 0 Å². The highest BCUT2D eigenvalue weighted by atomic mass is 31.2. The second-order valence-electron chi connectivity index (χ2n) is 11.3. The minimum atomic E-state index is -4.63. The van der Waals surface area contributed by atoms with E-state index in [-0.39, 0.29) is 42.0 Å². The number of carbonyl (C=O) groups excluding carboxylic acids is 2. The summed E-state index contributed by atoms with van der Waals surface area (Å²) in [7, 11) is -4.63. The van der Waals surface area contributed by atoms with Gasteiger partial charge in [-0.15, -0.1) is 0 Å². The Morgan fingerprint density at radius 1 is 1.21 bits per heavy atom. The Kier molecular flexibility index (Phi) is 12.4. The van der Waals surface area contributed by atoms with Gasteiger partial charge in [0.1, 0.15) is 24.0 Å². The van der Waals surface area contributed by atoms with Crippen LogP contribution in [0.4, 0.5) is 14.7 Å². The number of unbranched alkanes of at least 4 members (excludes halogenated alkanes) is 4. The molecule has 18 heteroatoms. The molecule has 3 N–H and O–H groups in total. The van der Waals surface area contributed by atoms with E-state index in [2.05, 4.69) is 32.3 Å².